The van der Waals surface area contributed by atoms with E-state index in [1.54, 1.807) is 6.26 Å². The molecule has 5 nitrogen and oxygen atoms in total. The molecule has 0 spiro atoms. The van der Waals surface area contributed by atoms with E-state index in [1.807, 2.05) is 23.0 Å². The molecule has 1 amide bonds. The Bertz CT molecular complexity index is 952. The lowest BCUT2D eigenvalue weighted by atomic mass is 9.74. The molecular weight excluding hydrogens is 350 g/mol. The van der Waals surface area contributed by atoms with Crippen molar-refractivity contribution in [3.8, 4) is 5.69 Å². The first kappa shape index (κ1) is 18.5. The van der Waals surface area contributed by atoms with Crippen molar-refractivity contribution in [2.24, 2.45) is 5.41 Å². The number of aryl methyl sites for hydroxylation is 2. The molecule has 0 bridgehead atoms. The van der Waals surface area contributed by atoms with Crippen LogP contribution in [0.4, 0.5) is 0 Å². The first-order chi connectivity index (χ1) is 13.4. The number of benzene rings is 1. The standard InChI is InChI=1S/C23H27N3O2/c1-16-6-8-17(9-7-16)26-21-14-23(2,3)13-20(19(21)15-24-26)25-22(27)11-10-18-5-4-12-28-18/h4-9,12,15,20H,10-11,13-14H2,1-3H3,(H,25,27). The minimum atomic E-state index is -0.0120. The smallest absolute Gasteiger partial charge is 0.220 e. The highest BCUT2D eigenvalue weighted by atomic mass is 16.3. The number of amides is 1. The van der Waals surface area contributed by atoms with Crippen LogP contribution in [-0.4, -0.2) is 15.7 Å². The summed E-state index contributed by atoms with van der Waals surface area (Å²) in [5.41, 5.74) is 4.70. The van der Waals surface area contributed by atoms with E-state index in [-0.39, 0.29) is 17.4 Å². The highest BCUT2D eigenvalue weighted by Gasteiger charge is 2.35. The van der Waals surface area contributed by atoms with Crippen LogP contribution in [0, 0.1) is 12.3 Å². The lowest BCUT2D eigenvalue weighted by molar-refractivity contribution is -0.122. The van der Waals surface area contributed by atoms with Gasteiger partial charge >= 0.3 is 0 Å². The summed E-state index contributed by atoms with van der Waals surface area (Å²) >= 11 is 0. The van der Waals surface area contributed by atoms with Gasteiger partial charge in [-0.25, -0.2) is 4.68 Å². The molecule has 2 aromatic heterocycles. The van der Waals surface area contributed by atoms with Gasteiger partial charge in [0.05, 0.1) is 29.9 Å². The number of hydrogen-bond acceptors (Lipinski definition) is 3. The number of carbonyl (C=O) groups is 1. The number of rotatable bonds is 5. The third kappa shape index (κ3) is 3.88. The molecule has 1 N–H and O–H groups in total. The number of nitrogens with one attached hydrogen (secondary N) is 1. The van der Waals surface area contributed by atoms with Gasteiger partial charge in [-0.15, -0.1) is 0 Å². The van der Waals surface area contributed by atoms with Crippen molar-refractivity contribution in [2.75, 3.05) is 0 Å². The van der Waals surface area contributed by atoms with Gasteiger partial charge in [-0.3, -0.25) is 4.79 Å². The first-order valence-electron chi connectivity index (χ1n) is 9.87. The van der Waals surface area contributed by atoms with Gasteiger partial charge in [-0.1, -0.05) is 31.5 Å². The first-order valence-corrected chi connectivity index (χ1v) is 9.87. The van der Waals surface area contributed by atoms with E-state index in [9.17, 15) is 4.79 Å². The Kier molecular flexibility index (Phi) is 4.84. The van der Waals surface area contributed by atoms with Crippen LogP contribution in [0.25, 0.3) is 5.69 Å². The number of aromatic nitrogens is 2. The Morgan fingerprint density at radius 1 is 1.29 bits per heavy atom. The average Bonchev–Trinajstić information content (AvgIpc) is 3.29. The molecular formula is C23H27N3O2. The average molecular weight is 377 g/mol. The molecule has 146 valence electrons. The number of furan rings is 1. The van der Waals surface area contributed by atoms with Crippen molar-refractivity contribution in [1.29, 1.82) is 0 Å². The Labute approximate surface area is 165 Å². The quantitative estimate of drug-likeness (QED) is 0.710. The Balaban J connectivity index is 1.55. The van der Waals surface area contributed by atoms with Crippen molar-refractivity contribution in [2.45, 2.75) is 52.5 Å². The molecule has 4 rings (SSSR count). The fraction of sp³-hybridized carbons (Fsp3) is 0.391. The van der Waals surface area contributed by atoms with Crippen LogP contribution in [0.1, 0.15) is 55.3 Å². The fourth-order valence-corrected chi connectivity index (χ4v) is 4.04. The summed E-state index contributed by atoms with van der Waals surface area (Å²) in [6.45, 7) is 6.59. The van der Waals surface area contributed by atoms with Crippen LogP contribution in [0.5, 0.6) is 0 Å². The number of fused-ring (bicyclic) bond motifs is 1. The number of hydrogen-bond donors (Lipinski definition) is 1. The molecule has 0 fully saturated rings. The molecule has 0 aliphatic heterocycles. The third-order valence-corrected chi connectivity index (χ3v) is 5.47. The van der Waals surface area contributed by atoms with Gasteiger partial charge in [0.15, 0.2) is 0 Å². The predicted octanol–water partition coefficient (Wildman–Crippen LogP) is 4.54. The zero-order valence-electron chi connectivity index (χ0n) is 16.7. The van der Waals surface area contributed by atoms with Crippen molar-refractivity contribution < 1.29 is 9.21 Å². The van der Waals surface area contributed by atoms with E-state index < -0.39 is 0 Å². The van der Waals surface area contributed by atoms with E-state index in [0.717, 1.165) is 29.9 Å². The summed E-state index contributed by atoms with van der Waals surface area (Å²) in [4.78, 5) is 12.6. The van der Waals surface area contributed by atoms with Crippen molar-refractivity contribution in [3.05, 3.63) is 71.4 Å². The predicted molar refractivity (Wildman–Crippen MR) is 108 cm³/mol. The summed E-state index contributed by atoms with van der Waals surface area (Å²) in [7, 11) is 0. The molecule has 1 atom stereocenters. The van der Waals surface area contributed by atoms with Gasteiger partial charge in [0.1, 0.15) is 5.76 Å². The highest BCUT2D eigenvalue weighted by Crippen LogP contribution is 2.41. The molecule has 2 heterocycles. The molecule has 0 saturated carbocycles. The van der Waals surface area contributed by atoms with Crippen molar-refractivity contribution in [3.63, 3.8) is 0 Å². The van der Waals surface area contributed by atoms with Gasteiger partial charge in [-0.05, 0) is 49.4 Å². The molecule has 1 aliphatic carbocycles. The molecule has 3 aromatic rings. The third-order valence-electron chi connectivity index (χ3n) is 5.47. The maximum atomic E-state index is 12.6. The fourth-order valence-electron chi connectivity index (χ4n) is 4.04. The summed E-state index contributed by atoms with van der Waals surface area (Å²) in [6, 6.07) is 12.1. The molecule has 28 heavy (non-hydrogen) atoms. The zero-order chi connectivity index (χ0) is 19.7. The second-order valence-corrected chi connectivity index (χ2v) is 8.54. The minimum absolute atomic E-state index is 0.0120. The normalized spacial score (nSPS) is 17.9. The van der Waals surface area contributed by atoms with E-state index in [1.165, 1.54) is 11.3 Å². The molecule has 1 unspecified atom stereocenters. The Hall–Kier alpha value is -2.82. The lowest BCUT2D eigenvalue weighted by Crippen LogP contribution is -2.36. The van der Waals surface area contributed by atoms with Crippen LogP contribution in [0.15, 0.2) is 53.3 Å². The molecule has 0 saturated heterocycles. The van der Waals surface area contributed by atoms with E-state index in [2.05, 4.69) is 55.5 Å². The highest BCUT2D eigenvalue weighted by molar-refractivity contribution is 5.76. The number of carbonyl (C=O) groups excluding carboxylic acids is 1. The van der Waals surface area contributed by atoms with Crippen molar-refractivity contribution >= 4 is 5.91 Å². The van der Waals surface area contributed by atoms with Gasteiger partial charge in [0, 0.05) is 18.4 Å². The van der Waals surface area contributed by atoms with Crippen molar-refractivity contribution in [1.82, 2.24) is 15.1 Å². The van der Waals surface area contributed by atoms with E-state index in [4.69, 9.17) is 4.42 Å². The molecule has 1 aromatic carbocycles. The maximum Gasteiger partial charge on any atom is 0.220 e. The van der Waals surface area contributed by atoms with Gasteiger partial charge < -0.3 is 9.73 Å². The largest absolute Gasteiger partial charge is 0.469 e. The molecule has 0 radical (unpaired) electrons. The van der Waals surface area contributed by atoms with Crippen LogP contribution in [-0.2, 0) is 17.6 Å². The van der Waals surface area contributed by atoms with Crippen LogP contribution in [0.3, 0.4) is 0 Å². The van der Waals surface area contributed by atoms with Crippen LogP contribution >= 0.6 is 0 Å². The van der Waals surface area contributed by atoms with Gasteiger partial charge in [0.25, 0.3) is 0 Å². The summed E-state index contributed by atoms with van der Waals surface area (Å²) in [5.74, 6) is 0.889. The summed E-state index contributed by atoms with van der Waals surface area (Å²) in [6.07, 6.45) is 6.45. The SMILES string of the molecule is Cc1ccc(-n2ncc3c2CC(C)(C)CC3NC(=O)CCc2ccco2)cc1. The molecule has 5 heteroatoms. The topological polar surface area (TPSA) is 60.1 Å². The second-order valence-electron chi connectivity index (χ2n) is 8.54. The maximum absolute atomic E-state index is 12.6. The van der Waals surface area contributed by atoms with E-state index >= 15 is 0 Å². The zero-order valence-corrected chi connectivity index (χ0v) is 16.7. The lowest BCUT2D eigenvalue weighted by Gasteiger charge is -2.36. The molecule has 1 aliphatic rings. The monoisotopic (exact) mass is 377 g/mol. The Morgan fingerprint density at radius 2 is 2.07 bits per heavy atom. The minimum Gasteiger partial charge on any atom is -0.469 e. The Morgan fingerprint density at radius 3 is 2.79 bits per heavy atom. The van der Waals surface area contributed by atoms with Crippen LogP contribution < -0.4 is 5.32 Å². The van der Waals surface area contributed by atoms with Crippen LogP contribution in [0.2, 0.25) is 0 Å². The summed E-state index contributed by atoms with van der Waals surface area (Å²) in [5, 5.41) is 7.89. The van der Waals surface area contributed by atoms with Gasteiger partial charge in [-0.2, -0.15) is 5.10 Å². The van der Waals surface area contributed by atoms with Gasteiger partial charge in [0.2, 0.25) is 5.91 Å². The summed E-state index contributed by atoms with van der Waals surface area (Å²) < 4.78 is 7.36. The number of nitrogens with zero attached hydrogens (tertiary/aromatic N) is 2. The van der Waals surface area contributed by atoms with E-state index in [0.29, 0.717) is 12.8 Å². The second kappa shape index (κ2) is 7.30.